The summed E-state index contributed by atoms with van der Waals surface area (Å²) in [5, 5.41) is 12.2. The summed E-state index contributed by atoms with van der Waals surface area (Å²) >= 11 is 0. The zero-order valence-corrected chi connectivity index (χ0v) is 10.8. The second kappa shape index (κ2) is 6.15. The minimum Gasteiger partial charge on any atom is -0.494 e. The first kappa shape index (κ1) is 13.4. The van der Waals surface area contributed by atoms with E-state index in [9.17, 15) is 0 Å². The van der Waals surface area contributed by atoms with Crippen molar-refractivity contribution in [2.45, 2.75) is 27.2 Å². The van der Waals surface area contributed by atoms with Crippen molar-refractivity contribution in [2.24, 2.45) is 5.41 Å². The normalized spacial score (nSPS) is 10.7. The minimum atomic E-state index is -0.266. The number of hydrogen-bond acceptors (Lipinski definition) is 3. The van der Waals surface area contributed by atoms with E-state index in [1.807, 2.05) is 45.0 Å². The van der Waals surface area contributed by atoms with Crippen molar-refractivity contribution in [2.75, 3.05) is 18.5 Å². The van der Waals surface area contributed by atoms with E-state index >= 15 is 0 Å². The Morgan fingerprint density at radius 1 is 1.29 bits per heavy atom. The summed E-state index contributed by atoms with van der Waals surface area (Å²) in [7, 11) is 0. The Bertz CT molecular complexity index is 376. The fraction of sp³-hybridized carbons (Fsp3) is 0.500. The molecule has 1 aromatic carbocycles. The predicted octanol–water partition coefficient (Wildman–Crippen LogP) is 3.44. The number of ether oxygens (including phenoxy) is 1. The molecule has 0 unspecified atom stereocenters. The van der Waals surface area contributed by atoms with E-state index in [0.29, 0.717) is 6.61 Å². The number of nitrogens with one attached hydrogen (secondary N) is 1. The summed E-state index contributed by atoms with van der Waals surface area (Å²) < 4.78 is 5.37. The number of rotatable bonds is 6. The van der Waals surface area contributed by atoms with Crippen LogP contribution in [0.5, 0.6) is 5.75 Å². The molecule has 0 aromatic heterocycles. The molecule has 3 nitrogen and oxygen atoms in total. The fourth-order valence-corrected chi connectivity index (χ4v) is 1.41. The molecule has 0 saturated heterocycles. The zero-order chi connectivity index (χ0) is 12.7. The van der Waals surface area contributed by atoms with Gasteiger partial charge < -0.3 is 10.1 Å². The van der Waals surface area contributed by atoms with Crippen molar-refractivity contribution >= 4 is 5.69 Å². The minimum absolute atomic E-state index is 0.266. The third-order valence-corrected chi connectivity index (χ3v) is 2.55. The van der Waals surface area contributed by atoms with E-state index in [4.69, 9.17) is 10.00 Å². The maximum atomic E-state index is 8.89. The molecule has 0 bridgehead atoms. The highest BCUT2D eigenvalue weighted by molar-refractivity contribution is 5.46. The van der Waals surface area contributed by atoms with E-state index in [1.54, 1.807) is 0 Å². The molecule has 0 fully saturated rings. The molecule has 1 aromatic rings. The summed E-state index contributed by atoms with van der Waals surface area (Å²) in [5.41, 5.74) is 0.792. The highest BCUT2D eigenvalue weighted by Gasteiger charge is 2.15. The summed E-state index contributed by atoms with van der Waals surface area (Å²) in [6.07, 6.45) is 0.830. The van der Waals surface area contributed by atoms with Gasteiger partial charge >= 0.3 is 0 Å². The van der Waals surface area contributed by atoms with E-state index in [2.05, 4.69) is 11.4 Å². The lowest BCUT2D eigenvalue weighted by Gasteiger charge is -2.15. The van der Waals surface area contributed by atoms with Crippen LogP contribution in [0.25, 0.3) is 0 Å². The Kier molecular flexibility index (Phi) is 4.84. The van der Waals surface area contributed by atoms with Crippen LogP contribution in [-0.2, 0) is 0 Å². The average Bonchev–Trinajstić information content (AvgIpc) is 2.32. The van der Waals surface area contributed by atoms with E-state index in [-0.39, 0.29) is 5.41 Å². The van der Waals surface area contributed by atoms with Crippen molar-refractivity contribution in [3.05, 3.63) is 24.3 Å². The van der Waals surface area contributed by atoms with Gasteiger partial charge in [0.2, 0.25) is 0 Å². The maximum absolute atomic E-state index is 8.89. The van der Waals surface area contributed by atoms with Gasteiger partial charge in [-0.3, -0.25) is 0 Å². The Labute approximate surface area is 103 Å². The number of nitrogens with zero attached hydrogens (tertiary/aromatic N) is 1. The van der Waals surface area contributed by atoms with Gasteiger partial charge in [-0.05, 0) is 51.5 Å². The molecule has 3 heteroatoms. The monoisotopic (exact) mass is 232 g/mol. The smallest absolute Gasteiger partial charge is 0.119 e. The predicted molar refractivity (Wildman–Crippen MR) is 70.1 cm³/mol. The van der Waals surface area contributed by atoms with Gasteiger partial charge in [0.15, 0.2) is 0 Å². The largest absolute Gasteiger partial charge is 0.494 e. The summed E-state index contributed by atoms with van der Waals surface area (Å²) in [5.74, 6) is 0.885. The molecular weight excluding hydrogens is 212 g/mol. The number of nitriles is 1. The second-order valence-corrected chi connectivity index (χ2v) is 4.63. The van der Waals surface area contributed by atoms with Gasteiger partial charge in [0, 0.05) is 12.2 Å². The van der Waals surface area contributed by atoms with Gasteiger partial charge in [-0.25, -0.2) is 0 Å². The molecule has 0 atom stereocenters. The molecule has 1 rings (SSSR count). The Morgan fingerprint density at radius 2 is 1.94 bits per heavy atom. The molecule has 0 aliphatic carbocycles. The summed E-state index contributed by atoms with van der Waals surface area (Å²) in [6.45, 7) is 7.35. The third kappa shape index (κ3) is 4.78. The van der Waals surface area contributed by atoms with Crippen LogP contribution in [0, 0.1) is 16.7 Å². The van der Waals surface area contributed by atoms with Crippen molar-refractivity contribution < 1.29 is 4.74 Å². The number of hydrogen-bond donors (Lipinski definition) is 1. The topological polar surface area (TPSA) is 45.0 Å². The molecule has 0 aliphatic heterocycles. The second-order valence-electron chi connectivity index (χ2n) is 4.63. The van der Waals surface area contributed by atoms with Crippen LogP contribution >= 0.6 is 0 Å². The van der Waals surface area contributed by atoms with Crippen LogP contribution < -0.4 is 10.1 Å². The lowest BCUT2D eigenvalue weighted by molar-refractivity contribution is 0.340. The number of benzene rings is 1. The molecular formula is C14H20N2O. The van der Waals surface area contributed by atoms with E-state index in [1.165, 1.54) is 0 Å². The van der Waals surface area contributed by atoms with Gasteiger partial charge in [-0.1, -0.05) is 0 Å². The van der Waals surface area contributed by atoms with Crippen molar-refractivity contribution in [1.29, 1.82) is 5.26 Å². The first-order valence-electron chi connectivity index (χ1n) is 5.95. The van der Waals surface area contributed by atoms with Crippen LogP contribution in [0.1, 0.15) is 27.2 Å². The SMILES string of the molecule is CCOc1ccc(NCCC(C)(C)C#N)cc1. The Morgan fingerprint density at radius 3 is 2.47 bits per heavy atom. The van der Waals surface area contributed by atoms with Gasteiger partial charge in [0.05, 0.1) is 18.1 Å². The van der Waals surface area contributed by atoms with E-state index < -0.39 is 0 Å². The molecule has 17 heavy (non-hydrogen) atoms. The van der Waals surface area contributed by atoms with Crippen molar-refractivity contribution in [1.82, 2.24) is 0 Å². The van der Waals surface area contributed by atoms with Crippen molar-refractivity contribution in [3.8, 4) is 11.8 Å². The molecule has 0 saturated carbocycles. The van der Waals surface area contributed by atoms with Crippen LogP contribution in [0.3, 0.4) is 0 Å². The van der Waals surface area contributed by atoms with Gasteiger partial charge in [-0.2, -0.15) is 5.26 Å². The van der Waals surface area contributed by atoms with E-state index in [0.717, 1.165) is 24.4 Å². The quantitative estimate of drug-likeness (QED) is 0.817. The zero-order valence-electron chi connectivity index (χ0n) is 10.8. The van der Waals surface area contributed by atoms with Gasteiger partial charge in [0.1, 0.15) is 5.75 Å². The number of anilines is 1. The molecule has 0 spiro atoms. The highest BCUT2D eigenvalue weighted by atomic mass is 16.5. The standard InChI is InChI=1S/C14H20N2O/c1-4-17-13-7-5-12(6-8-13)16-10-9-14(2,3)11-15/h5-8,16H,4,9-10H2,1-3H3. The third-order valence-electron chi connectivity index (χ3n) is 2.55. The lowest BCUT2D eigenvalue weighted by Crippen LogP contribution is -2.14. The van der Waals surface area contributed by atoms with Crippen LogP contribution in [0.15, 0.2) is 24.3 Å². The van der Waals surface area contributed by atoms with Crippen LogP contribution in [0.2, 0.25) is 0 Å². The first-order valence-corrected chi connectivity index (χ1v) is 5.95. The van der Waals surface area contributed by atoms with Crippen molar-refractivity contribution in [3.63, 3.8) is 0 Å². The van der Waals surface area contributed by atoms with Crippen LogP contribution in [-0.4, -0.2) is 13.2 Å². The molecule has 0 heterocycles. The molecule has 0 aliphatic rings. The van der Waals surface area contributed by atoms with Gasteiger partial charge in [0.25, 0.3) is 0 Å². The Hall–Kier alpha value is -1.69. The molecule has 1 N–H and O–H groups in total. The summed E-state index contributed by atoms with van der Waals surface area (Å²) in [6, 6.07) is 10.2. The highest BCUT2D eigenvalue weighted by Crippen LogP contribution is 2.20. The molecule has 0 radical (unpaired) electrons. The fourth-order valence-electron chi connectivity index (χ4n) is 1.41. The van der Waals surface area contributed by atoms with Crippen LogP contribution in [0.4, 0.5) is 5.69 Å². The molecule has 0 amide bonds. The molecule has 92 valence electrons. The summed E-state index contributed by atoms with van der Waals surface area (Å²) in [4.78, 5) is 0. The van der Waals surface area contributed by atoms with Gasteiger partial charge in [-0.15, -0.1) is 0 Å². The lowest BCUT2D eigenvalue weighted by atomic mass is 9.91. The first-order chi connectivity index (χ1) is 8.07. The Balaban J connectivity index is 2.40. The maximum Gasteiger partial charge on any atom is 0.119 e. The average molecular weight is 232 g/mol.